The van der Waals surface area contributed by atoms with E-state index in [1.54, 1.807) is 11.3 Å². The van der Waals surface area contributed by atoms with Crippen molar-refractivity contribution in [3.63, 3.8) is 0 Å². The first-order chi connectivity index (χ1) is 15.1. The highest BCUT2D eigenvalue weighted by Crippen LogP contribution is 2.53. The van der Waals surface area contributed by atoms with Crippen molar-refractivity contribution in [2.75, 3.05) is 36.9 Å². The molecule has 0 amide bonds. The summed E-state index contributed by atoms with van der Waals surface area (Å²) in [5.41, 5.74) is 9.86. The lowest BCUT2D eigenvalue weighted by Crippen LogP contribution is -2.37. The van der Waals surface area contributed by atoms with Gasteiger partial charge in [-0.25, -0.2) is 15.0 Å². The lowest BCUT2D eigenvalue weighted by molar-refractivity contribution is 0.122. The van der Waals surface area contributed by atoms with E-state index in [2.05, 4.69) is 23.3 Å². The van der Waals surface area contributed by atoms with E-state index >= 15 is 0 Å². The number of hydrogen-bond donors (Lipinski definition) is 1. The predicted octanol–water partition coefficient (Wildman–Crippen LogP) is 4.89. The van der Waals surface area contributed by atoms with Crippen molar-refractivity contribution >= 4 is 34.6 Å². The van der Waals surface area contributed by atoms with Crippen molar-refractivity contribution in [3.8, 4) is 11.4 Å². The maximum atomic E-state index is 5.92. The Morgan fingerprint density at radius 3 is 2.48 bits per heavy atom. The second kappa shape index (κ2) is 8.76. The molecule has 3 heterocycles. The number of nitrogen functional groups attached to an aromatic ring is 1. The van der Waals surface area contributed by atoms with Crippen LogP contribution in [0.15, 0.2) is 40.1 Å². The molecule has 0 atom stereocenters. The summed E-state index contributed by atoms with van der Waals surface area (Å²) in [4.78, 5) is 17.2. The van der Waals surface area contributed by atoms with Gasteiger partial charge in [0, 0.05) is 41.5 Å². The Labute approximate surface area is 191 Å². The summed E-state index contributed by atoms with van der Waals surface area (Å²) in [6.07, 6.45) is 4.64. The molecule has 0 spiro atoms. The van der Waals surface area contributed by atoms with E-state index in [9.17, 15) is 0 Å². The van der Waals surface area contributed by atoms with Crippen molar-refractivity contribution in [3.05, 3.63) is 47.1 Å². The predicted molar refractivity (Wildman–Crippen MR) is 128 cm³/mol. The monoisotopic (exact) mass is 453 g/mol. The van der Waals surface area contributed by atoms with Gasteiger partial charge in [0.2, 0.25) is 0 Å². The van der Waals surface area contributed by atoms with Gasteiger partial charge in [0.05, 0.1) is 23.7 Å². The summed E-state index contributed by atoms with van der Waals surface area (Å²) in [5.74, 6) is 1.75. The molecule has 8 heteroatoms. The van der Waals surface area contributed by atoms with E-state index in [1.807, 2.05) is 36.0 Å². The van der Waals surface area contributed by atoms with Crippen molar-refractivity contribution < 1.29 is 4.74 Å². The molecule has 0 bridgehead atoms. The third kappa shape index (κ3) is 4.42. The molecule has 162 valence electrons. The Morgan fingerprint density at radius 2 is 1.81 bits per heavy atom. The van der Waals surface area contributed by atoms with E-state index in [0.29, 0.717) is 0 Å². The summed E-state index contributed by atoms with van der Waals surface area (Å²) in [6, 6.07) is 10.1. The molecule has 1 aliphatic heterocycles. The maximum Gasteiger partial charge on any atom is 0.161 e. The molecule has 0 unspecified atom stereocenters. The zero-order chi connectivity index (χ0) is 21.3. The van der Waals surface area contributed by atoms with Crippen molar-refractivity contribution in [1.82, 2.24) is 15.0 Å². The fraction of sp³-hybridized carbons (Fsp3) is 0.435. The molecule has 1 aromatic carbocycles. The van der Waals surface area contributed by atoms with E-state index in [0.717, 1.165) is 77.8 Å². The number of thiazole rings is 1. The highest BCUT2D eigenvalue weighted by Gasteiger charge is 2.40. The SMILES string of the molecule is Cc1csc(SC2(c3cc(N4CCOCC4)nc(-c4ccc(N)cc4)n3)CCCC2)n1. The minimum atomic E-state index is -0.0587. The van der Waals surface area contributed by atoms with Crippen LogP contribution < -0.4 is 10.6 Å². The number of aromatic nitrogens is 3. The zero-order valence-corrected chi connectivity index (χ0v) is 19.3. The second-order valence-electron chi connectivity index (χ2n) is 8.21. The number of benzene rings is 1. The van der Waals surface area contributed by atoms with Crippen LogP contribution in [-0.4, -0.2) is 41.3 Å². The standard InChI is InChI=1S/C23H27N5OS2/c1-16-15-30-22(25-16)31-23(8-2-3-9-23)19-14-20(28-10-12-29-13-11-28)27-21(26-19)17-4-6-18(24)7-5-17/h4-7,14-15H,2-3,8-13,24H2,1H3. The van der Waals surface area contributed by atoms with Gasteiger partial charge in [0.1, 0.15) is 5.82 Å². The van der Waals surface area contributed by atoms with Crippen molar-refractivity contribution in [2.45, 2.75) is 41.7 Å². The average molecular weight is 454 g/mol. The van der Waals surface area contributed by atoms with Crippen LogP contribution in [0, 0.1) is 6.92 Å². The summed E-state index contributed by atoms with van der Waals surface area (Å²) < 4.78 is 6.64. The molecule has 3 aromatic rings. The fourth-order valence-corrected chi connectivity index (χ4v) is 6.85. The number of rotatable bonds is 5. The smallest absolute Gasteiger partial charge is 0.161 e. The van der Waals surface area contributed by atoms with E-state index in [-0.39, 0.29) is 4.75 Å². The van der Waals surface area contributed by atoms with Crippen LogP contribution in [0.5, 0.6) is 0 Å². The summed E-state index contributed by atoms with van der Waals surface area (Å²) >= 11 is 3.62. The van der Waals surface area contributed by atoms with Gasteiger partial charge in [-0.15, -0.1) is 11.3 Å². The van der Waals surface area contributed by atoms with E-state index in [1.165, 1.54) is 12.8 Å². The summed E-state index contributed by atoms with van der Waals surface area (Å²) in [7, 11) is 0. The first-order valence-electron chi connectivity index (χ1n) is 10.8. The number of hydrogen-bond acceptors (Lipinski definition) is 8. The first kappa shape index (κ1) is 20.7. The Bertz CT molecular complexity index is 1040. The number of nitrogens with two attached hydrogens (primary N) is 1. The largest absolute Gasteiger partial charge is 0.399 e. The number of aryl methyl sites for hydroxylation is 1. The first-order valence-corrected chi connectivity index (χ1v) is 12.5. The molecule has 2 aromatic heterocycles. The molecule has 5 rings (SSSR count). The Balaban J connectivity index is 1.59. The molecule has 2 fully saturated rings. The third-order valence-electron chi connectivity index (χ3n) is 5.98. The Morgan fingerprint density at radius 1 is 1.06 bits per heavy atom. The van der Waals surface area contributed by atoms with E-state index in [4.69, 9.17) is 25.4 Å². The molecular formula is C23H27N5OS2. The molecule has 1 saturated carbocycles. The third-order valence-corrected chi connectivity index (χ3v) is 8.54. The average Bonchev–Trinajstić information content (AvgIpc) is 3.44. The van der Waals surface area contributed by atoms with Gasteiger partial charge in [-0.05, 0) is 44.0 Å². The van der Waals surface area contributed by atoms with Crippen molar-refractivity contribution in [2.24, 2.45) is 0 Å². The van der Waals surface area contributed by atoms with Gasteiger partial charge < -0.3 is 15.4 Å². The molecule has 1 aliphatic carbocycles. The molecule has 6 nitrogen and oxygen atoms in total. The molecule has 2 N–H and O–H groups in total. The second-order valence-corrected chi connectivity index (χ2v) is 10.7. The lowest BCUT2D eigenvalue weighted by Gasteiger charge is -2.31. The number of morpholine rings is 1. The highest BCUT2D eigenvalue weighted by atomic mass is 32.2. The van der Waals surface area contributed by atoms with Crippen LogP contribution in [0.4, 0.5) is 11.5 Å². The Kier molecular flexibility index (Phi) is 5.86. The Hall–Kier alpha value is -2.16. The lowest BCUT2D eigenvalue weighted by atomic mass is 10.0. The zero-order valence-electron chi connectivity index (χ0n) is 17.7. The van der Waals surface area contributed by atoms with E-state index < -0.39 is 0 Å². The van der Waals surface area contributed by atoms with Crippen molar-refractivity contribution in [1.29, 1.82) is 0 Å². The normalized spacial score (nSPS) is 18.4. The van der Waals surface area contributed by atoms with Crippen LogP contribution >= 0.6 is 23.1 Å². The van der Waals surface area contributed by atoms with Gasteiger partial charge in [0.15, 0.2) is 10.2 Å². The minimum Gasteiger partial charge on any atom is -0.399 e. The number of nitrogens with zero attached hydrogens (tertiary/aromatic N) is 4. The topological polar surface area (TPSA) is 77.2 Å². The molecule has 0 radical (unpaired) electrons. The molecule has 2 aliphatic rings. The van der Waals surface area contributed by atoms with Crippen LogP contribution in [0.1, 0.15) is 37.1 Å². The van der Waals surface area contributed by atoms with Crippen LogP contribution in [0.2, 0.25) is 0 Å². The summed E-state index contributed by atoms with van der Waals surface area (Å²) in [5, 5.41) is 2.13. The number of ether oxygens (including phenoxy) is 1. The van der Waals surface area contributed by atoms with Gasteiger partial charge in [-0.3, -0.25) is 0 Å². The minimum absolute atomic E-state index is 0.0587. The summed E-state index contributed by atoms with van der Waals surface area (Å²) in [6.45, 7) is 5.22. The molecule has 31 heavy (non-hydrogen) atoms. The van der Waals surface area contributed by atoms with Crippen LogP contribution in [0.25, 0.3) is 11.4 Å². The fourth-order valence-electron chi connectivity index (χ4n) is 4.29. The van der Waals surface area contributed by atoms with Gasteiger partial charge in [0.25, 0.3) is 0 Å². The highest BCUT2D eigenvalue weighted by molar-refractivity contribution is 8.01. The maximum absolute atomic E-state index is 5.92. The number of anilines is 2. The van der Waals surface area contributed by atoms with Crippen LogP contribution in [-0.2, 0) is 9.48 Å². The number of thioether (sulfide) groups is 1. The van der Waals surface area contributed by atoms with Gasteiger partial charge >= 0.3 is 0 Å². The molecular weight excluding hydrogens is 426 g/mol. The quantitative estimate of drug-likeness (QED) is 0.551. The molecule has 1 saturated heterocycles. The van der Waals surface area contributed by atoms with Gasteiger partial charge in [-0.2, -0.15) is 0 Å². The van der Waals surface area contributed by atoms with Gasteiger partial charge in [-0.1, -0.05) is 24.6 Å². The van der Waals surface area contributed by atoms with Crippen LogP contribution in [0.3, 0.4) is 0 Å².